The maximum absolute atomic E-state index is 13.4. The van der Waals surface area contributed by atoms with E-state index in [1.165, 1.54) is 44.2 Å². The van der Waals surface area contributed by atoms with E-state index in [4.69, 9.17) is 5.73 Å². The van der Waals surface area contributed by atoms with E-state index < -0.39 is 27.2 Å². The number of aromatic nitrogens is 3. The monoisotopic (exact) mass is 364 g/mol. The lowest BCUT2D eigenvalue weighted by molar-refractivity contribution is 0.215. The summed E-state index contributed by atoms with van der Waals surface area (Å²) in [6.07, 6.45) is -1.22. The van der Waals surface area contributed by atoms with Crippen LogP contribution in [0.5, 0.6) is 0 Å². The molecule has 132 valence electrons. The first kappa shape index (κ1) is 17.3. The van der Waals surface area contributed by atoms with E-state index in [2.05, 4.69) is 9.97 Å². The first-order chi connectivity index (χ1) is 11.7. The maximum Gasteiger partial charge on any atom is 0.245 e. The SMILES string of the molecule is CC(C)S(=O)(=O)n1c(N)nc2ccc(C(O)c3cccc(F)c3)nc21. The Bertz CT molecular complexity index is 1050. The zero-order chi connectivity index (χ0) is 18.4. The number of hydrogen-bond acceptors (Lipinski definition) is 6. The number of fused-ring (bicyclic) bond motifs is 1. The molecule has 0 aliphatic carbocycles. The lowest BCUT2D eigenvalue weighted by Gasteiger charge is -2.13. The van der Waals surface area contributed by atoms with Crippen molar-refractivity contribution in [3.8, 4) is 0 Å². The standard InChI is InChI=1S/C16H17FN4O3S/c1-9(2)25(23,24)21-15-13(20-16(21)18)7-6-12(19-15)14(22)10-4-3-5-11(17)8-10/h3-9,14,22H,1-2H3,(H2,18,20). The molecule has 0 spiro atoms. The molecule has 2 heterocycles. The number of aliphatic hydroxyl groups excluding tert-OH is 1. The van der Waals surface area contributed by atoms with E-state index in [0.717, 1.165) is 3.97 Å². The van der Waals surface area contributed by atoms with Gasteiger partial charge in [0.2, 0.25) is 16.0 Å². The minimum Gasteiger partial charge on any atom is -0.382 e. The molecule has 3 rings (SSSR count). The van der Waals surface area contributed by atoms with Gasteiger partial charge in [0.25, 0.3) is 0 Å². The number of aliphatic hydroxyl groups is 1. The minimum absolute atomic E-state index is 0.0270. The van der Waals surface area contributed by atoms with Crippen molar-refractivity contribution in [1.82, 2.24) is 13.9 Å². The van der Waals surface area contributed by atoms with Crippen LogP contribution in [0.3, 0.4) is 0 Å². The van der Waals surface area contributed by atoms with Gasteiger partial charge in [-0.1, -0.05) is 12.1 Å². The summed E-state index contributed by atoms with van der Waals surface area (Å²) in [5, 5.41) is 9.72. The molecular formula is C16H17FN4O3S. The van der Waals surface area contributed by atoms with Gasteiger partial charge < -0.3 is 10.8 Å². The normalized spacial score (nSPS) is 13.5. The van der Waals surface area contributed by atoms with Crippen LogP contribution in [0, 0.1) is 5.82 Å². The molecule has 0 fully saturated rings. The van der Waals surface area contributed by atoms with Crippen molar-refractivity contribution in [3.05, 3.63) is 53.5 Å². The van der Waals surface area contributed by atoms with Crippen LogP contribution in [-0.4, -0.2) is 32.7 Å². The molecule has 0 bridgehead atoms. The van der Waals surface area contributed by atoms with Crippen LogP contribution in [0.2, 0.25) is 0 Å². The van der Waals surface area contributed by atoms with Crippen LogP contribution in [0.25, 0.3) is 11.2 Å². The third-order valence-electron chi connectivity index (χ3n) is 3.81. The Hall–Kier alpha value is -2.52. The Labute approximate surface area is 144 Å². The van der Waals surface area contributed by atoms with Crippen LogP contribution in [-0.2, 0) is 10.0 Å². The van der Waals surface area contributed by atoms with Crippen LogP contribution < -0.4 is 5.73 Å². The fourth-order valence-electron chi connectivity index (χ4n) is 2.43. The van der Waals surface area contributed by atoms with E-state index in [1.54, 1.807) is 6.07 Å². The van der Waals surface area contributed by atoms with Crippen LogP contribution in [0.1, 0.15) is 31.2 Å². The molecule has 1 atom stereocenters. The lowest BCUT2D eigenvalue weighted by atomic mass is 10.1. The number of nitrogen functional groups attached to an aromatic ring is 1. The van der Waals surface area contributed by atoms with E-state index in [-0.39, 0.29) is 22.8 Å². The maximum atomic E-state index is 13.4. The average molecular weight is 364 g/mol. The van der Waals surface area contributed by atoms with Gasteiger partial charge in [0.15, 0.2) is 5.65 Å². The van der Waals surface area contributed by atoms with Gasteiger partial charge in [0.05, 0.1) is 10.9 Å². The molecule has 3 aromatic rings. The average Bonchev–Trinajstić information content (AvgIpc) is 2.89. The predicted octanol–water partition coefficient (Wildman–Crippen LogP) is 1.82. The molecule has 7 nitrogen and oxygen atoms in total. The number of nitrogens with two attached hydrogens (primary N) is 1. The van der Waals surface area contributed by atoms with Crippen molar-refractivity contribution in [3.63, 3.8) is 0 Å². The fourth-order valence-corrected chi connectivity index (χ4v) is 3.53. The summed E-state index contributed by atoms with van der Waals surface area (Å²) < 4.78 is 39.3. The molecule has 0 saturated carbocycles. The highest BCUT2D eigenvalue weighted by atomic mass is 32.2. The van der Waals surface area contributed by atoms with Gasteiger partial charge in [-0.3, -0.25) is 0 Å². The number of halogens is 1. The fraction of sp³-hybridized carbons (Fsp3) is 0.250. The van der Waals surface area contributed by atoms with E-state index in [1.807, 2.05) is 0 Å². The van der Waals surface area contributed by atoms with Crippen molar-refractivity contribution in [2.45, 2.75) is 25.2 Å². The second kappa shape index (κ2) is 6.08. The van der Waals surface area contributed by atoms with Gasteiger partial charge in [-0.25, -0.2) is 22.8 Å². The zero-order valence-corrected chi connectivity index (χ0v) is 14.4. The largest absolute Gasteiger partial charge is 0.382 e. The van der Waals surface area contributed by atoms with E-state index >= 15 is 0 Å². The minimum atomic E-state index is -3.78. The van der Waals surface area contributed by atoms with Crippen molar-refractivity contribution in [2.75, 3.05) is 5.73 Å². The summed E-state index contributed by atoms with van der Waals surface area (Å²) in [7, 11) is -3.78. The van der Waals surface area contributed by atoms with Crippen molar-refractivity contribution in [1.29, 1.82) is 0 Å². The number of benzene rings is 1. The van der Waals surface area contributed by atoms with Gasteiger partial charge in [0.1, 0.15) is 17.4 Å². The third-order valence-corrected chi connectivity index (χ3v) is 5.87. The molecular weight excluding hydrogens is 347 g/mol. The first-order valence-corrected chi connectivity index (χ1v) is 9.05. The summed E-state index contributed by atoms with van der Waals surface area (Å²) in [5.74, 6) is -0.692. The van der Waals surface area contributed by atoms with Gasteiger partial charge in [-0.05, 0) is 43.7 Å². The molecule has 25 heavy (non-hydrogen) atoms. The van der Waals surface area contributed by atoms with Crippen molar-refractivity contribution < 1.29 is 17.9 Å². The molecule has 1 aromatic carbocycles. The lowest BCUT2D eigenvalue weighted by Crippen LogP contribution is -2.24. The second-order valence-electron chi connectivity index (χ2n) is 5.86. The first-order valence-electron chi connectivity index (χ1n) is 7.54. The van der Waals surface area contributed by atoms with Crippen LogP contribution in [0.4, 0.5) is 10.3 Å². The number of nitrogens with zero attached hydrogens (tertiary/aromatic N) is 3. The predicted molar refractivity (Wildman–Crippen MR) is 91.9 cm³/mol. The summed E-state index contributed by atoms with van der Waals surface area (Å²) in [5.41, 5.74) is 6.54. The summed E-state index contributed by atoms with van der Waals surface area (Å²) >= 11 is 0. The Kier molecular flexibility index (Phi) is 4.21. The topological polar surface area (TPSA) is 111 Å². The molecule has 1 unspecified atom stereocenters. The molecule has 2 aromatic heterocycles. The Morgan fingerprint density at radius 2 is 1.92 bits per heavy atom. The highest BCUT2D eigenvalue weighted by Crippen LogP contribution is 2.26. The van der Waals surface area contributed by atoms with E-state index in [9.17, 15) is 17.9 Å². The van der Waals surface area contributed by atoms with Gasteiger partial charge in [0, 0.05) is 0 Å². The smallest absolute Gasteiger partial charge is 0.245 e. The Morgan fingerprint density at radius 3 is 2.56 bits per heavy atom. The molecule has 0 aliphatic rings. The van der Waals surface area contributed by atoms with Gasteiger partial charge >= 0.3 is 0 Å². The Balaban J connectivity index is 2.17. The second-order valence-corrected chi connectivity index (χ2v) is 8.20. The number of pyridine rings is 1. The highest BCUT2D eigenvalue weighted by Gasteiger charge is 2.26. The van der Waals surface area contributed by atoms with Crippen LogP contribution in [0.15, 0.2) is 36.4 Å². The number of hydrogen-bond donors (Lipinski definition) is 2. The van der Waals surface area contributed by atoms with Crippen molar-refractivity contribution in [2.24, 2.45) is 0 Å². The highest BCUT2D eigenvalue weighted by molar-refractivity contribution is 7.90. The number of rotatable bonds is 4. The summed E-state index contributed by atoms with van der Waals surface area (Å²) in [6, 6.07) is 8.48. The quantitative estimate of drug-likeness (QED) is 0.730. The molecule has 0 aliphatic heterocycles. The number of anilines is 1. The van der Waals surface area contributed by atoms with Crippen LogP contribution >= 0.6 is 0 Å². The molecule has 0 amide bonds. The molecule has 0 saturated heterocycles. The van der Waals surface area contributed by atoms with Gasteiger partial charge in [-0.2, -0.15) is 3.97 Å². The zero-order valence-electron chi connectivity index (χ0n) is 13.6. The van der Waals surface area contributed by atoms with E-state index in [0.29, 0.717) is 5.56 Å². The summed E-state index contributed by atoms with van der Waals surface area (Å²) in [4.78, 5) is 8.23. The summed E-state index contributed by atoms with van der Waals surface area (Å²) in [6.45, 7) is 3.04. The van der Waals surface area contributed by atoms with Gasteiger partial charge in [-0.15, -0.1) is 0 Å². The molecule has 3 N–H and O–H groups in total. The molecule has 0 radical (unpaired) electrons. The third kappa shape index (κ3) is 2.96. The number of imidazole rings is 1. The Morgan fingerprint density at radius 1 is 1.20 bits per heavy atom. The van der Waals surface area contributed by atoms with Crippen molar-refractivity contribution >= 4 is 27.1 Å². The molecule has 9 heteroatoms.